The van der Waals surface area contributed by atoms with Crippen molar-refractivity contribution in [3.05, 3.63) is 111 Å². The normalized spacial score (nSPS) is 19.1. The molecule has 1 atom stereocenters. The SMILES string of the molecule is C=C1CC2(c3ccc(C)cc3Cc3cc(C#N)ccc32)c2cc(C(C)C)ccc21. The number of rotatable bonds is 1. The van der Waals surface area contributed by atoms with E-state index in [1.807, 2.05) is 6.07 Å². The Morgan fingerprint density at radius 2 is 1.66 bits per heavy atom. The molecule has 5 rings (SSSR count). The van der Waals surface area contributed by atoms with Crippen LogP contribution in [0, 0.1) is 18.3 Å². The molecule has 1 spiro atoms. The summed E-state index contributed by atoms with van der Waals surface area (Å²) in [6.45, 7) is 11.1. The van der Waals surface area contributed by atoms with Crippen molar-refractivity contribution in [2.45, 2.75) is 44.9 Å². The van der Waals surface area contributed by atoms with Gasteiger partial charge < -0.3 is 0 Å². The maximum absolute atomic E-state index is 9.47. The first-order valence-corrected chi connectivity index (χ1v) is 10.4. The Morgan fingerprint density at radius 3 is 2.38 bits per heavy atom. The minimum Gasteiger partial charge on any atom is -0.192 e. The summed E-state index contributed by atoms with van der Waals surface area (Å²) in [7, 11) is 0. The van der Waals surface area contributed by atoms with Gasteiger partial charge in [0.1, 0.15) is 0 Å². The average Bonchev–Trinajstić information content (AvgIpc) is 3.00. The predicted molar refractivity (Wildman–Crippen MR) is 119 cm³/mol. The van der Waals surface area contributed by atoms with Crippen molar-refractivity contribution in [1.29, 1.82) is 5.26 Å². The predicted octanol–water partition coefficient (Wildman–Crippen LogP) is 6.65. The molecule has 3 aromatic rings. The molecule has 0 radical (unpaired) electrons. The largest absolute Gasteiger partial charge is 0.192 e. The molecule has 1 nitrogen and oxygen atoms in total. The second kappa shape index (κ2) is 6.19. The van der Waals surface area contributed by atoms with Gasteiger partial charge in [-0.1, -0.05) is 68.5 Å². The van der Waals surface area contributed by atoms with E-state index in [0.29, 0.717) is 5.92 Å². The van der Waals surface area contributed by atoms with Crippen molar-refractivity contribution in [3.8, 4) is 6.07 Å². The first kappa shape index (κ1) is 18.0. The highest BCUT2D eigenvalue weighted by molar-refractivity contribution is 5.81. The zero-order chi connectivity index (χ0) is 20.3. The molecule has 0 saturated heterocycles. The van der Waals surface area contributed by atoms with Crippen molar-refractivity contribution >= 4 is 5.57 Å². The summed E-state index contributed by atoms with van der Waals surface area (Å²) in [5.74, 6) is 0.479. The van der Waals surface area contributed by atoms with Gasteiger partial charge in [0.15, 0.2) is 0 Å². The number of hydrogen-bond acceptors (Lipinski definition) is 1. The Bertz CT molecular complexity index is 1220. The van der Waals surface area contributed by atoms with E-state index in [1.165, 1.54) is 50.1 Å². The molecule has 3 aromatic carbocycles. The molecule has 2 aliphatic carbocycles. The maximum Gasteiger partial charge on any atom is 0.0991 e. The van der Waals surface area contributed by atoms with Gasteiger partial charge >= 0.3 is 0 Å². The molecule has 0 aliphatic heterocycles. The van der Waals surface area contributed by atoms with Gasteiger partial charge in [-0.25, -0.2) is 0 Å². The lowest BCUT2D eigenvalue weighted by atomic mass is 9.63. The quantitative estimate of drug-likeness (QED) is 0.467. The van der Waals surface area contributed by atoms with E-state index in [2.05, 4.69) is 82.0 Å². The lowest BCUT2D eigenvalue weighted by molar-refractivity contribution is 0.628. The van der Waals surface area contributed by atoms with Crippen molar-refractivity contribution in [2.24, 2.45) is 0 Å². The fourth-order valence-corrected chi connectivity index (χ4v) is 5.43. The Kier molecular flexibility index (Phi) is 3.83. The lowest BCUT2D eigenvalue weighted by Crippen LogP contribution is -2.32. The zero-order valence-corrected chi connectivity index (χ0v) is 17.3. The first-order valence-electron chi connectivity index (χ1n) is 10.4. The molecule has 0 bridgehead atoms. The van der Waals surface area contributed by atoms with Crippen LogP contribution >= 0.6 is 0 Å². The number of nitriles is 1. The van der Waals surface area contributed by atoms with Crippen LogP contribution in [-0.2, 0) is 11.8 Å². The van der Waals surface area contributed by atoms with Gasteiger partial charge in [0.2, 0.25) is 0 Å². The van der Waals surface area contributed by atoms with Crippen LogP contribution in [0.2, 0.25) is 0 Å². The summed E-state index contributed by atoms with van der Waals surface area (Å²) in [4.78, 5) is 0. The van der Waals surface area contributed by atoms with E-state index < -0.39 is 0 Å². The molecule has 0 saturated carbocycles. The monoisotopic (exact) mass is 375 g/mol. The van der Waals surface area contributed by atoms with Crippen LogP contribution < -0.4 is 0 Å². The smallest absolute Gasteiger partial charge is 0.0991 e. The van der Waals surface area contributed by atoms with Crippen LogP contribution in [0.4, 0.5) is 0 Å². The van der Waals surface area contributed by atoms with Crippen molar-refractivity contribution in [1.82, 2.24) is 0 Å². The van der Waals surface area contributed by atoms with E-state index in [4.69, 9.17) is 0 Å². The highest BCUT2D eigenvalue weighted by atomic mass is 14.5. The first-order chi connectivity index (χ1) is 13.9. The van der Waals surface area contributed by atoms with Gasteiger partial charge in [0.05, 0.1) is 17.0 Å². The number of allylic oxidation sites excluding steroid dienone is 1. The molecule has 29 heavy (non-hydrogen) atoms. The van der Waals surface area contributed by atoms with Crippen molar-refractivity contribution in [3.63, 3.8) is 0 Å². The fraction of sp³-hybridized carbons (Fsp3) is 0.250. The van der Waals surface area contributed by atoms with E-state index >= 15 is 0 Å². The summed E-state index contributed by atoms with van der Waals surface area (Å²) >= 11 is 0. The second-order valence-corrected chi connectivity index (χ2v) is 8.97. The number of fused-ring (bicyclic) bond motifs is 6. The Labute approximate surface area is 173 Å². The molecule has 0 N–H and O–H groups in total. The minimum absolute atomic E-state index is 0.206. The number of benzene rings is 3. The van der Waals surface area contributed by atoms with E-state index in [-0.39, 0.29) is 5.41 Å². The molecular weight excluding hydrogens is 350 g/mol. The van der Waals surface area contributed by atoms with Gasteiger partial charge in [0, 0.05) is 0 Å². The molecule has 0 heterocycles. The molecule has 1 heteroatoms. The van der Waals surface area contributed by atoms with Gasteiger partial charge in [0.25, 0.3) is 0 Å². The summed E-state index contributed by atoms with van der Waals surface area (Å²) in [5, 5.41) is 9.47. The molecular formula is C28H25N. The summed E-state index contributed by atoms with van der Waals surface area (Å²) in [6.07, 6.45) is 1.79. The average molecular weight is 376 g/mol. The molecule has 0 aromatic heterocycles. The molecule has 1 unspecified atom stereocenters. The van der Waals surface area contributed by atoms with Crippen molar-refractivity contribution < 1.29 is 0 Å². The van der Waals surface area contributed by atoms with Crippen molar-refractivity contribution in [2.75, 3.05) is 0 Å². The Hall–Kier alpha value is -3.11. The fourth-order valence-electron chi connectivity index (χ4n) is 5.43. The van der Waals surface area contributed by atoms with Crippen LogP contribution in [0.5, 0.6) is 0 Å². The van der Waals surface area contributed by atoms with Crippen LogP contribution in [-0.4, -0.2) is 0 Å². The second-order valence-electron chi connectivity index (χ2n) is 8.97. The molecule has 2 aliphatic rings. The number of aryl methyl sites for hydroxylation is 1. The number of hydrogen-bond donors (Lipinski definition) is 0. The summed E-state index contributed by atoms with van der Waals surface area (Å²) < 4.78 is 0. The van der Waals surface area contributed by atoms with Gasteiger partial charge in [-0.15, -0.1) is 0 Å². The molecule has 142 valence electrons. The lowest BCUT2D eigenvalue weighted by Gasteiger charge is -2.39. The molecule has 0 fully saturated rings. The highest BCUT2D eigenvalue weighted by Crippen LogP contribution is 2.57. The van der Waals surface area contributed by atoms with E-state index in [1.54, 1.807) is 0 Å². The standard InChI is InChI=1S/C28H25N/c1-17(2)21-7-8-24-19(4)15-28(27(24)14-21)25-9-5-18(3)11-22(25)13-23-12-20(16-29)6-10-26(23)28/h5-12,14,17H,4,13,15H2,1-3H3. The van der Waals surface area contributed by atoms with Crippen LogP contribution in [0.25, 0.3) is 5.57 Å². The van der Waals surface area contributed by atoms with E-state index in [0.717, 1.165) is 18.4 Å². The van der Waals surface area contributed by atoms with Gasteiger partial charge in [-0.2, -0.15) is 5.26 Å². The molecule has 0 amide bonds. The summed E-state index contributed by atoms with van der Waals surface area (Å²) in [5.41, 5.74) is 12.5. The van der Waals surface area contributed by atoms with Crippen LogP contribution in [0.1, 0.15) is 76.3 Å². The third-order valence-corrected chi connectivity index (χ3v) is 6.83. The number of nitrogens with zero attached hydrogens (tertiary/aromatic N) is 1. The van der Waals surface area contributed by atoms with Crippen LogP contribution in [0.15, 0.2) is 61.2 Å². The van der Waals surface area contributed by atoms with Gasteiger partial charge in [-0.3, -0.25) is 0 Å². The third kappa shape index (κ3) is 2.45. The third-order valence-electron chi connectivity index (χ3n) is 6.83. The summed E-state index contributed by atoms with van der Waals surface area (Å²) in [6, 6.07) is 22.4. The Morgan fingerprint density at radius 1 is 0.931 bits per heavy atom. The highest BCUT2D eigenvalue weighted by Gasteiger charge is 2.47. The Balaban J connectivity index is 1.88. The maximum atomic E-state index is 9.47. The minimum atomic E-state index is -0.206. The van der Waals surface area contributed by atoms with Gasteiger partial charge in [-0.05, 0) is 82.3 Å². The van der Waals surface area contributed by atoms with Crippen LogP contribution in [0.3, 0.4) is 0 Å². The zero-order valence-electron chi connectivity index (χ0n) is 17.3. The topological polar surface area (TPSA) is 23.8 Å². The van der Waals surface area contributed by atoms with E-state index in [9.17, 15) is 5.26 Å².